The van der Waals surface area contributed by atoms with E-state index in [0.29, 0.717) is 18.7 Å². The largest absolute Gasteiger partial charge is 0.475 e. The molecule has 8 nitrogen and oxygen atoms in total. The van der Waals surface area contributed by atoms with Gasteiger partial charge < -0.3 is 25.4 Å². The van der Waals surface area contributed by atoms with Gasteiger partial charge in [0.15, 0.2) is 17.2 Å². The first-order valence-corrected chi connectivity index (χ1v) is 13.6. The molecule has 2 fully saturated rings. The first-order valence-electron chi connectivity index (χ1n) is 13.2. The van der Waals surface area contributed by atoms with Gasteiger partial charge in [0.2, 0.25) is 0 Å². The maximum atomic E-state index is 14.6. The lowest BCUT2D eigenvalue weighted by molar-refractivity contribution is -0.135. The number of amides is 2. The van der Waals surface area contributed by atoms with Crippen LogP contribution in [0, 0.1) is 5.82 Å². The van der Waals surface area contributed by atoms with Gasteiger partial charge in [-0.3, -0.25) is 9.59 Å². The number of ether oxygens (including phenoxy) is 1. The van der Waals surface area contributed by atoms with Gasteiger partial charge in [0.05, 0.1) is 17.7 Å². The third kappa shape index (κ3) is 6.63. The first kappa shape index (κ1) is 29.9. The Morgan fingerprint density at radius 1 is 1.18 bits per heavy atom. The van der Waals surface area contributed by atoms with Crippen LogP contribution in [-0.2, 0) is 10.4 Å². The molecule has 4 rings (SSSR count). The number of aliphatic hydroxyl groups is 1. The lowest BCUT2D eigenvalue weighted by Crippen LogP contribution is -2.55. The molecule has 0 aliphatic carbocycles. The number of aromatic nitrogens is 1. The predicted octanol–water partition coefficient (Wildman–Crippen LogP) is 4.57. The number of benzene rings is 1. The van der Waals surface area contributed by atoms with Crippen LogP contribution in [0.1, 0.15) is 69.3 Å². The summed E-state index contributed by atoms with van der Waals surface area (Å²) in [7, 11) is 0. The Morgan fingerprint density at radius 2 is 1.82 bits per heavy atom. The highest BCUT2D eigenvalue weighted by molar-refractivity contribution is 6.31. The second-order valence-corrected chi connectivity index (χ2v) is 11.8. The number of pyridine rings is 1. The fourth-order valence-electron chi connectivity index (χ4n) is 5.37. The summed E-state index contributed by atoms with van der Waals surface area (Å²) in [6.45, 7) is 5.42. The first-order chi connectivity index (χ1) is 18.7. The highest BCUT2D eigenvalue weighted by atomic mass is 35.5. The Morgan fingerprint density at radius 3 is 2.38 bits per heavy atom. The average molecular weight is 583 g/mol. The van der Waals surface area contributed by atoms with Gasteiger partial charge >= 0.3 is 0 Å². The molecule has 2 saturated heterocycles. The number of carbonyl (C=O) groups excluding carboxylic acids is 2. The minimum atomic E-state index is -2.63. The maximum Gasteiger partial charge on any atom is 0.263 e. The van der Waals surface area contributed by atoms with Crippen molar-refractivity contribution in [3.8, 4) is 5.75 Å². The van der Waals surface area contributed by atoms with E-state index >= 15 is 0 Å². The third-order valence-corrected chi connectivity index (χ3v) is 7.67. The lowest BCUT2D eigenvalue weighted by Gasteiger charge is -2.40. The summed E-state index contributed by atoms with van der Waals surface area (Å²) in [5, 5.41) is 15.6. The number of halogens is 4. The summed E-state index contributed by atoms with van der Waals surface area (Å²) in [6, 6.07) is 5.74. The van der Waals surface area contributed by atoms with Crippen molar-refractivity contribution in [1.82, 2.24) is 15.6 Å². The molecular formula is C28H34ClF3N4O4. The van der Waals surface area contributed by atoms with Crippen molar-refractivity contribution in [2.24, 2.45) is 0 Å². The van der Waals surface area contributed by atoms with Crippen LogP contribution >= 0.6 is 11.6 Å². The second kappa shape index (κ2) is 11.4. The van der Waals surface area contributed by atoms with E-state index in [-0.39, 0.29) is 40.0 Å². The average Bonchev–Trinajstić information content (AvgIpc) is 3.13. The Bertz CT molecular complexity index is 1240. The normalized spacial score (nSPS) is 20.9. The zero-order valence-corrected chi connectivity index (χ0v) is 23.6. The molecule has 3 N–H and O–H groups in total. The molecule has 0 radical (unpaired) electrons. The van der Waals surface area contributed by atoms with Gasteiger partial charge in [-0.1, -0.05) is 11.6 Å². The quantitative estimate of drug-likeness (QED) is 0.400. The van der Waals surface area contributed by atoms with Gasteiger partial charge in [-0.15, -0.1) is 0 Å². The molecule has 40 heavy (non-hydrogen) atoms. The maximum absolute atomic E-state index is 14.6. The SMILES string of the molecule is CC(C)(Oc1cc(C(C)(C)O)c(Cl)cc1F)C(=O)NC1CC2CCC(C1)N2c1ccc(C(=O)NCC(F)F)cn1. The number of carbonyl (C=O) groups is 2. The van der Waals surface area contributed by atoms with Crippen molar-refractivity contribution in [2.75, 3.05) is 11.4 Å². The number of nitrogens with zero attached hydrogens (tertiary/aromatic N) is 2. The molecule has 2 aromatic rings. The van der Waals surface area contributed by atoms with Crippen molar-refractivity contribution in [3.63, 3.8) is 0 Å². The molecule has 2 bridgehead atoms. The molecule has 218 valence electrons. The van der Waals surface area contributed by atoms with Gasteiger partial charge in [-0.2, -0.15) is 0 Å². The molecule has 0 saturated carbocycles. The van der Waals surface area contributed by atoms with E-state index in [0.717, 1.165) is 18.9 Å². The Labute approximate surface area is 236 Å². The van der Waals surface area contributed by atoms with Gasteiger partial charge in [0.25, 0.3) is 18.2 Å². The fourth-order valence-corrected chi connectivity index (χ4v) is 5.75. The number of nitrogens with one attached hydrogen (secondary N) is 2. The Hall–Kier alpha value is -3.05. The minimum Gasteiger partial charge on any atom is -0.475 e. The van der Waals surface area contributed by atoms with E-state index in [9.17, 15) is 27.9 Å². The van der Waals surface area contributed by atoms with Crippen molar-refractivity contribution in [3.05, 3.63) is 52.4 Å². The number of anilines is 1. The summed E-state index contributed by atoms with van der Waals surface area (Å²) in [6.07, 6.45) is 1.89. The minimum absolute atomic E-state index is 0.0565. The van der Waals surface area contributed by atoms with Crippen LogP contribution in [0.3, 0.4) is 0 Å². The van der Waals surface area contributed by atoms with Crippen LogP contribution in [-0.4, -0.2) is 58.6 Å². The van der Waals surface area contributed by atoms with Gasteiger partial charge in [-0.25, -0.2) is 18.2 Å². The zero-order valence-electron chi connectivity index (χ0n) is 22.8. The van der Waals surface area contributed by atoms with Gasteiger partial charge in [0, 0.05) is 34.9 Å². The fraction of sp³-hybridized carbons (Fsp3) is 0.536. The van der Waals surface area contributed by atoms with E-state index in [1.54, 1.807) is 26.0 Å². The summed E-state index contributed by atoms with van der Waals surface area (Å²) >= 11 is 6.10. The molecule has 3 heterocycles. The predicted molar refractivity (Wildman–Crippen MR) is 144 cm³/mol. The summed E-state index contributed by atoms with van der Waals surface area (Å²) in [4.78, 5) is 31.9. The number of piperidine rings is 1. The summed E-state index contributed by atoms with van der Waals surface area (Å²) < 4.78 is 45.2. The van der Waals surface area contributed by atoms with Crippen LogP contribution < -0.4 is 20.3 Å². The molecular weight excluding hydrogens is 549 g/mol. The highest BCUT2D eigenvalue weighted by Crippen LogP contribution is 2.39. The molecule has 2 aliphatic rings. The second-order valence-electron chi connectivity index (χ2n) is 11.4. The molecule has 2 unspecified atom stereocenters. The number of hydrogen-bond acceptors (Lipinski definition) is 6. The smallest absolute Gasteiger partial charge is 0.263 e. The molecule has 2 aliphatic heterocycles. The topological polar surface area (TPSA) is 104 Å². The molecule has 2 amide bonds. The van der Waals surface area contributed by atoms with E-state index in [4.69, 9.17) is 16.3 Å². The molecule has 12 heteroatoms. The van der Waals surface area contributed by atoms with Crippen molar-refractivity contribution in [1.29, 1.82) is 0 Å². The molecule has 0 spiro atoms. The molecule has 2 atom stereocenters. The van der Waals surface area contributed by atoms with Crippen molar-refractivity contribution < 1.29 is 32.6 Å². The summed E-state index contributed by atoms with van der Waals surface area (Å²) in [5.74, 6) is -1.25. The number of rotatable bonds is 9. The lowest BCUT2D eigenvalue weighted by atomic mass is 9.96. The van der Waals surface area contributed by atoms with Gasteiger partial charge in [-0.05, 0) is 77.6 Å². The monoisotopic (exact) mass is 582 g/mol. The van der Waals surface area contributed by atoms with Crippen LogP contribution in [0.5, 0.6) is 5.75 Å². The van der Waals surface area contributed by atoms with Crippen molar-refractivity contribution >= 4 is 29.2 Å². The number of hydrogen-bond donors (Lipinski definition) is 3. The number of alkyl halides is 2. The molecule has 1 aromatic carbocycles. The van der Waals surface area contributed by atoms with E-state index in [2.05, 4.69) is 20.5 Å². The van der Waals surface area contributed by atoms with Crippen molar-refractivity contribution in [2.45, 2.75) is 89.1 Å². The standard InChI is InChI=1S/C28H34ClF3N4O4/c1-27(2,39)19-11-22(21(30)12-20(19)29)40-28(3,4)26(38)35-16-9-17-6-7-18(10-16)36(17)24-8-5-15(13-33-24)25(37)34-14-23(31)32/h5,8,11-13,16-18,23,39H,6-7,9-10,14H2,1-4H3,(H,34,37)(H,35,38). The Kier molecular flexibility index (Phi) is 8.56. The third-order valence-electron chi connectivity index (χ3n) is 7.35. The van der Waals surface area contributed by atoms with Crippen LogP contribution in [0.2, 0.25) is 5.02 Å². The number of fused-ring (bicyclic) bond motifs is 2. The highest BCUT2D eigenvalue weighted by Gasteiger charge is 2.43. The van der Waals surface area contributed by atoms with Crippen LogP contribution in [0.4, 0.5) is 19.0 Å². The Balaban J connectivity index is 1.39. The van der Waals surface area contributed by atoms with E-state index in [1.807, 2.05) is 0 Å². The van der Waals surface area contributed by atoms with E-state index < -0.39 is 41.8 Å². The van der Waals surface area contributed by atoms with Gasteiger partial charge in [0.1, 0.15) is 5.82 Å². The summed E-state index contributed by atoms with van der Waals surface area (Å²) in [5.41, 5.74) is -2.27. The van der Waals surface area contributed by atoms with Crippen LogP contribution in [0.15, 0.2) is 30.5 Å². The molecule has 1 aromatic heterocycles. The van der Waals surface area contributed by atoms with E-state index in [1.165, 1.54) is 26.1 Å². The van der Waals surface area contributed by atoms with Crippen LogP contribution in [0.25, 0.3) is 0 Å². The zero-order chi connectivity index (χ0) is 29.4.